The lowest BCUT2D eigenvalue weighted by Gasteiger charge is -2.15. The molecular formula is C20H19N3O6. The van der Waals surface area contributed by atoms with E-state index >= 15 is 0 Å². The van der Waals surface area contributed by atoms with Crippen molar-refractivity contribution in [2.75, 3.05) is 18.5 Å². The Bertz CT molecular complexity index is 941. The molecule has 0 aliphatic carbocycles. The van der Waals surface area contributed by atoms with Gasteiger partial charge in [0.1, 0.15) is 5.69 Å². The number of nitro benzene ring substituents is 1. The fourth-order valence-electron chi connectivity index (χ4n) is 2.98. The largest absolute Gasteiger partial charge is 0.452 e. The number of ether oxygens (including phenoxy) is 1. The summed E-state index contributed by atoms with van der Waals surface area (Å²) in [6.07, 6.45) is 1.43. The van der Waals surface area contributed by atoms with Crippen molar-refractivity contribution < 1.29 is 24.0 Å². The first-order chi connectivity index (χ1) is 13.9. The van der Waals surface area contributed by atoms with Gasteiger partial charge in [-0.2, -0.15) is 0 Å². The minimum atomic E-state index is -0.688. The highest BCUT2D eigenvalue weighted by molar-refractivity contribution is 5.96. The van der Waals surface area contributed by atoms with Gasteiger partial charge in [0.15, 0.2) is 6.61 Å². The van der Waals surface area contributed by atoms with Crippen molar-refractivity contribution in [3.8, 4) is 0 Å². The molecule has 1 aliphatic heterocycles. The topological polar surface area (TPSA) is 119 Å². The van der Waals surface area contributed by atoms with Crippen molar-refractivity contribution in [3.05, 3.63) is 69.8 Å². The average Bonchev–Trinajstić information content (AvgIpc) is 3.11. The standard InChI is InChI=1S/C20H19N3O6/c24-18(21-16-4-1-2-5-17(16)23(27)28)13-29-20(26)15-9-7-14(8-10-15)12-22-11-3-6-19(22)25/h1-2,4-5,7-10H,3,6,11-13H2,(H,21,24). The first-order valence-corrected chi connectivity index (χ1v) is 9.01. The van der Waals surface area contributed by atoms with Crippen LogP contribution in [0.1, 0.15) is 28.8 Å². The molecule has 0 spiro atoms. The van der Waals surface area contributed by atoms with Crippen molar-refractivity contribution >= 4 is 29.2 Å². The van der Waals surface area contributed by atoms with Gasteiger partial charge in [0, 0.05) is 25.6 Å². The van der Waals surface area contributed by atoms with E-state index in [0.29, 0.717) is 13.0 Å². The molecule has 9 heteroatoms. The molecule has 0 atom stereocenters. The number of para-hydroxylation sites is 2. The lowest BCUT2D eigenvalue weighted by Crippen LogP contribution is -2.24. The number of benzene rings is 2. The number of nitrogens with zero attached hydrogens (tertiary/aromatic N) is 2. The molecule has 9 nitrogen and oxygen atoms in total. The summed E-state index contributed by atoms with van der Waals surface area (Å²) in [5, 5.41) is 13.3. The molecule has 1 saturated heterocycles. The average molecular weight is 397 g/mol. The van der Waals surface area contributed by atoms with Crippen LogP contribution in [0.3, 0.4) is 0 Å². The van der Waals surface area contributed by atoms with E-state index in [4.69, 9.17) is 4.74 Å². The Morgan fingerprint density at radius 1 is 1.14 bits per heavy atom. The second-order valence-electron chi connectivity index (χ2n) is 6.51. The fraction of sp³-hybridized carbons (Fsp3) is 0.250. The zero-order valence-corrected chi connectivity index (χ0v) is 15.5. The number of amides is 2. The number of carbonyl (C=O) groups excluding carboxylic acids is 3. The maximum absolute atomic E-state index is 12.1. The van der Waals surface area contributed by atoms with Gasteiger partial charge >= 0.3 is 5.97 Å². The SMILES string of the molecule is O=C(COC(=O)c1ccc(CN2CCCC2=O)cc1)Nc1ccccc1[N+](=O)[O-]. The van der Waals surface area contributed by atoms with Crippen LogP contribution < -0.4 is 5.32 Å². The van der Waals surface area contributed by atoms with Gasteiger partial charge in [0.05, 0.1) is 10.5 Å². The molecule has 0 aromatic heterocycles. The Morgan fingerprint density at radius 2 is 1.86 bits per heavy atom. The van der Waals surface area contributed by atoms with Crippen LogP contribution in [0.15, 0.2) is 48.5 Å². The van der Waals surface area contributed by atoms with Gasteiger partial charge in [-0.15, -0.1) is 0 Å². The third-order valence-corrected chi connectivity index (χ3v) is 4.44. The van der Waals surface area contributed by atoms with Crippen LogP contribution in [0, 0.1) is 10.1 Å². The number of hydrogen-bond acceptors (Lipinski definition) is 6. The van der Waals surface area contributed by atoms with E-state index in [-0.39, 0.29) is 22.8 Å². The predicted octanol–water partition coefficient (Wildman–Crippen LogP) is 2.51. The first-order valence-electron chi connectivity index (χ1n) is 9.01. The zero-order chi connectivity index (χ0) is 20.8. The molecule has 1 aliphatic rings. The summed E-state index contributed by atoms with van der Waals surface area (Å²) in [5.74, 6) is -1.25. The van der Waals surface area contributed by atoms with E-state index in [1.165, 1.54) is 18.2 Å². The summed E-state index contributed by atoms with van der Waals surface area (Å²) in [6.45, 7) is 0.651. The van der Waals surface area contributed by atoms with E-state index in [2.05, 4.69) is 5.32 Å². The van der Waals surface area contributed by atoms with Crippen LogP contribution in [-0.4, -0.2) is 40.8 Å². The lowest BCUT2D eigenvalue weighted by molar-refractivity contribution is -0.383. The van der Waals surface area contributed by atoms with Crippen LogP contribution >= 0.6 is 0 Å². The number of esters is 1. The second kappa shape index (κ2) is 8.96. The molecule has 150 valence electrons. The van der Waals surface area contributed by atoms with Crippen LogP contribution in [-0.2, 0) is 20.9 Å². The van der Waals surface area contributed by atoms with Gasteiger partial charge in [0.25, 0.3) is 11.6 Å². The Kier molecular flexibility index (Phi) is 6.18. The number of anilines is 1. The van der Waals surface area contributed by atoms with Crippen LogP contribution in [0.2, 0.25) is 0 Å². The number of likely N-dealkylation sites (tertiary alicyclic amines) is 1. The maximum Gasteiger partial charge on any atom is 0.338 e. The van der Waals surface area contributed by atoms with Crippen LogP contribution in [0.25, 0.3) is 0 Å². The molecule has 1 N–H and O–H groups in total. The van der Waals surface area contributed by atoms with E-state index in [1.54, 1.807) is 35.2 Å². The monoisotopic (exact) mass is 397 g/mol. The lowest BCUT2D eigenvalue weighted by atomic mass is 10.1. The minimum Gasteiger partial charge on any atom is -0.452 e. The highest BCUT2D eigenvalue weighted by Gasteiger charge is 2.20. The van der Waals surface area contributed by atoms with Crippen molar-refractivity contribution in [2.24, 2.45) is 0 Å². The summed E-state index contributed by atoms with van der Waals surface area (Å²) in [6, 6.07) is 12.3. The van der Waals surface area contributed by atoms with Gasteiger partial charge in [-0.3, -0.25) is 19.7 Å². The predicted molar refractivity (Wildman–Crippen MR) is 103 cm³/mol. The Morgan fingerprint density at radius 3 is 2.52 bits per heavy atom. The quantitative estimate of drug-likeness (QED) is 0.436. The third kappa shape index (κ3) is 5.16. The molecule has 2 amide bonds. The van der Waals surface area contributed by atoms with Gasteiger partial charge in [-0.1, -0.05) is 24.3 Å². The molecular weight excluding hydrogens is 378 g/mol. The van der Waals surface area contributed by atoms with E-state index in [0.717, 1.165) is 18.5 Å². The zero-order valence-electron chi connectivity index (χ0n) is 15.5. The van der Waals surface area contributed by atoms with Gasteiger partial charge < -0.3 is 15.0 Å². The summed E-state index contributed by atoms with van der Waals surface area (Å²) < 4.78 is 4.97. The van der Waals surface area contributed by atoms with Gasteiger partial charge in [-0.05, 0) is 30.2 Å². The van der Waals surface area contributed by atoms with Crippen molar-refractivity contribution in [1.29, 1.82) is 0 Å². The number of rotatable bonds is 7. The van der Waals surface area contributed by atoms with E-state index < -0.39 is 23.4 Å². The highest BCUT2D eigenvalue weighted by atomic mass is 16.6. The summed E-state index contributed by atoms with van der Waals surface area (Å²) >= 11 is 0. The third-order valence-electron chi connectivity index (χ3n) is 4.44. The molecule has 2 aromatic rings. The molecule has 3 rings (SSSR count). The van der Waals surface area contributed by atoms with Gasteiger partial charge in [-0.25, -0.2) is 4.79 Å². The summed E-state index contributed by atoms with van der Waals surface area (Å²) in [7, 11) is 0. The van der Waals surface area contributed by atoms with E-state index in [1.807, 2.05) is 0 Å². The molecule has 29 heavy (non-hydrogen) atoms. The first kappa shape index (κ1) is 20.0. The molecule has 0 saturated carbocycles. The number of carbonyl (C=O) groups is 3. The van der Waals surface area contributed by atoms with Gasteiger partial charge in [0.2, 0.25) is 5.91 Å². The maximum atomic E-state index is 12.1. The smallest absolute Gasteiger partial charge is 0.338 e. The molecule has 1 heterocycles. The number of hydrogen-bond donors (Lipinski definition) is 1. The molecule has 2 aromatic carbocycles. The van der Waals surface area contributed by atoms with Crippen molar-refractivity contribution in [2.45, 2.75) is 19.4 Å². The Labute approximate surface area is 166 Å². The van der Waals surface area contributed by atoms with Crippen molar-refractivity contribution in [3.63, 3.8) is 0 Å². The molecule has 0 unspecified atom stereocenters. The second-order valence-corrected chi connectivity index (χ2v) is 6.51. The summed E-state index contributed by atoms with van der Waals surface area (Å²) in [5.41, 5.74) is 0.935. The highest BCUT2D eigenvalue weighted by Crippen LogP contribution is 2.23. The Hall–Kier alpha value is -3.75. The van der Waals surface area contributed by atoms with E-state index in [9.17, 15) is 24.5 Å². The van der Waals surface area contributed by atoms with Crippen LogP contribution in [0.4, 0.5) is 11.4 Å². The molecule has 0 bridgehead atoms. The van der Waals surface area contributed by atoms with Crippen molar-refractivity contribution in [1.82, 2.24) is 4.90 Å². The summed E-state index contributed by atoms with van der Waals surface area (Å²) in [4.78, 5) is 47.8. The number of nitro groups is 1. The van der Waals surface area contributed by atoms with Crippen LogP contribution in [0.5, 0.6) is 0 Å². The molecule has 0 radical (unpaired) electrons. The minimum absolute atomic E-state index is 0.0272. The number of nitrogens with one attached hydrogen (secondary N) is 1. The fourth-order valence-corrected chi connectivity index (χ4v) is 2.98. The normalized spacial score (nSPS) is 13.2. The molecule has 1 fully saturated rings. The Balaban J connectivity index is 1.52.